The Balaban J connectivity index is 0.000000161. The van der Waals surface area contributed by atoms with Crippen LogP contribution in [0.5, 0.6) is 0 Å². The number of hydrogen-bond donors (Lipinski definition) is 0. The number of hydrogen-bond acceptors (Lipinski definition) is 9. The summed E-state index contributed by atoms with van der Waals surface area (Å²) < 4.78 is 11.0. The van der Waals surface area contributed by atoms with E-state index in [-0.39, 0.29) is 10.8 Å². The maximum absolute atomic E-state index is 13.3. The van der Waals surface area contributed by atoms with Crippen LogP contribution in [0.2, 0.25) is 0 Å². The lowest BCUT2D eigenvalue weighted by Gasteiger charge is -2.38. The van der Waals surface area contributed by atoms with Crippen molar-refractivity contribution >= 4 is 11.8 Å². The zero-order valence-corrected chi connectivity index (χ0v) is 39.1. The Kier molecular flexibility index (Phi) is 13.6. The predicted octanol–water partition coefficient (Wildman–Crippen LogP) is 10.4. The topological polar surface area (TPSA) is 122 Å². The van der Waals surface area contributed by atoms with Gasteiger partial charge in [0.15, 0.2) is 11.6 Å². The van der Waals surface area contributed by atoms with Gasteiger partial charge >= 0.3 is 0 Å². The number of amides is 2. The third kappa shape index (κ3) is 10.5. The first kappa shape index (κ1) is 44.3. The zero-order valence-electron chi connectivity index (χ0n) is 39.1. The Morgan fingerprint density at radius 1 is 0.619 bits per heavy atom. The summed E-state index contributed by atoms with van der Waals surface area (Å²) in [6.45, 7) is 14.4. The van der Waals surface area contributed by atoms with Crippen molar-refractivity contribution in [3.05, 3.63) is 70.0 Å². The highest BCUT2D eigenvalue weighted by Crippen LogP contribution is 2.44. The molecule has 0 N–H and O–H groups in total. The number of rotatable bonds is 11. The average Bonchev–Trinajstić information content (AvgIpc) is 4.24. The van der Waals surface area contributed by atoms with Crippen molar-refractivity contribution in [2.75, 3.05) is 39.3 Å². The number of carbonyl (C=O) groups is 2. The third-order valence-corrected chi connectivity index (χ3v) is 16.2. The monoisotopic (exact) mass is 862 g/mol. The molecular formula is C52H75N7O4. The largest absolute Gasteiger partial charge is 0.343 e. The molecule has 3 aliphatic heterocycles. The first-order chi connectivity index (χ1) is 30.5. The van der Waals surface area contributed by atoms with Crippen LogP contribution >= 0.6 is 0 Å². The lowest BCUT2D eigenvalue weighted by molar-refractivity contribution is -0.134. The number of likely N-dealkylation sites (tertiary alicyclic amines) is 2. The molecule has 2 amide bonds. The summed E-state index contributed by atoms with van der Waals surface area (Å²) in [5.41, 5.74) is 5.84. The fraction of sp³-hybridized carbons (Fsp3) is 0.731. The van der Waals surface area contributed by atoms with Crippen LogP contribution in [-0.4, -0.2) is 92.1 Å². The lowest BCUT2D eigenvalue weighted by Crippen LogP contribution is -2.45. The van der Waals surface area contributed by atoms with E-state index < -0.39 is 0 Å². The number of allylic oxidation sites excluding steroid dienone is 6. The van der Waals surface area contributed by atoms with E-state index in [1.165, 1.54) is 92.9 Å². The summed E-state index contributed by atoms with van der Waals surface area (Å²) in [7, 11) is 0. The molecule has 4 fully saturated rings. The molecule has 2 saturated heterocycles. The van der Waals surface area contributed by atoms with Gasteiger partial charge in [0.25, 0.3) is 0 Å². The van der Waals surface area contributed by atoms with Gasteiger partial charge in [-0.15, -0.1) is 0 Å². The molecule has 342 valence electrons. The summed E-state index contributed by atoms with van der Waals surface area (Å²) >= 11 is 0. The standard InChI is InChI=1S/C27H40N4O2.C25H35N3O2/c1-19(2)30-14-10-20(11-15-30)23-7-5-4-6-22(23)18-24(32)31-16-12-27(3,13-17-31)26-28-25(33-29-26)21-8-9-21;1-25(24-26-23(30-27-24)19-11-12-19)13-15-28(16-14-25)22(29)17-20-9-5-6-10-21(20)18-7-3-2-4-8-18/h7,10,19,21-22H,4-6,8-9,11-18H2,1-3H3;7,10,19-20H,2-6,8-9,11-17H2,1H3. The minimum Gasteiger partial charge on any atom is -0.343 e. The first-order valence-corrected chi connectivity index (χ1v) is 25.3. The van der Waals surface area contributed by atoms with Crippen LogP contribution in [0.25, 0.3) is 0 Å². The van der Waals surface area contributed by atoms with Gasteiger partial charge in [0.1, 0.15) is 0 Å². The maximum Gasteiger partial charge on any atom is 0.229 e. The van der Waals surface area contributed by atoms with E-state index >= 15 is 0 Å². The second kappa shape index (κ2) is 19.3. The summed E-state index contributed by atoms with van der Waals surface area (Å²) in [5.74, 6) is 5.76. The van der Waals surface area contributed by atoms with E-state index in [2.05, 4.69) is 77.0 Å². The van der Waals surface area contributed by atoms with Gasteiger partial charge in [-0.05, 0) is 170 Å². The highest BCUT2D eigenvalue weighted by atomic mass is 16.5. The number of nitrogens with zero attached hydrogens (tertiary/aromatic N) is 7. The number of aromatic nitrogens is 4. The molecule has 63 heavy (non-hydrogen) atoms. The second-order valence-corrected chi connectivity index (χ2v) is 21.4. The van der Waals surface area contributed by atoms with Crippen molar-refractivity contribution in [1.82, 2.24) is 35.0 Å². The molecule has 5 heterocycles. The van der Waals surface area contributed by atoms with Crippen LogP contribution < -0.4 is 0 Å². The third-order valence-electron chi connectivity index (χ3n) is 16.2. The molecule has 8 aliphatic rings. The molecule has 2 unspecified atom stereocenters. The molecule has 2 atom stereocenters. The molecule has 0 radical (unpaired) electrons. The van der Waals surface area contributed by atoms with E-state index in [1.54, 1.807) is 0 Å². The van der Waals surface area contributed by atoms with Crippen LogP contribution in [0.4, 0.5) is 0 Å². The van der Waals surface area contributed by atoms with Gasteiger partial charge in [0.05, 0.1) is 0 Å². The molecule has 2 aromatic heterocycles. The fourth-order valence-corrected chi connectivity index (χ4v) is 11.2. The summed E-state index contributed by atoms with van der Waals surface area (Å²) in [4.78, 5) is 42.6. The normalized spacial score (nSPS) is 26.6. The SMILES string of the molecule is CC(C)N1CC=C(C2=CCCCC2CC(=O)N2CCC(C)(c3noc(C4CC4)n3)CC2)CC1.CC1(c2noc(C3CC3)n2)CCN(C(=O)CC2CCCC=C2C2=CCCCC2)CC1. The minimum absolute atomic E-state index is 0.0732. The van der Waals surface area contributed by atoms with Crippen molar-refractivity contribution in [3.63, 3.8) is 0 Å². The molecule has 0 bridgehead atoms. The van der Waals surface area contributed by atoms with Crippen LogP contribution in [0.3, 0.4) is 0 Å². The number of piperidine rings is 2. The maximum atomic E-state index is 13.3. The van der Waals surface area contributed by atoms with Gasteiger partial charge in [0.2, 0.25) is 23.6 Å². The van der Waals surface area contributed by atoms with Crippen molar-refractivity contribution in [2.45, 2.75) is 191 Å². The van der Waals surface area contributed by atoms with Gasteiger partial charge < -0.3 is 18.8 Å². The lowest BCUT2D eigenvalue weighted by atomic mass is 9.77. The van der Waals surface area contributed by atoms with E-state index in [4.69, 9.17) is 19.0 Å². The van der Waals surface area contributed by atoms with Crippen molar-refractivity contribution < 1.29 is 18.6 Å². The van der Waals surface area contributed by atoms with Crippen LogP contribution in [-0.2, 0) is 20.4 Å². The molecule has 0 spiro atoms. The molecule has 10 rings (SSSR count). The average molecular weight is 862 g/mol. The van der Waals surface area contributed by atoms with Gasteiger partial charge in [0, 0.05) is 80.8 Å². The van der Waals surface area contributed by atoms with E-state index in [0.29, 0.717) is 54.4 Å². The summed E-state index contributed by atoms with van der Waals surface area (Å²) in [6, 6.07) is 0.595. The number of carbonyl (C=O) groups excluding carboxylic acids is 2. The summed E-state index contributed by atoms with van der Waals surface area (Å²) in [5, 5.41) is 8.60. The molecule has 5 aliphatic carbocycles. The van der Waals surface area contributed by atoms with Gasteiger partial charge in [-0.25, -0.2) is 0 Å². The van der Waals surface area contributed by atoms with E-state index in [9.17, 15) is 9.59 Å². The quantitative estimate of drug-likeness (QED) is 0.217. The second-order valence-electron chi connectivity index (χ2n) is 21.4. The molecule has 11 nitrogen and oxygen atoms in total. The molecule has 11 heteroatoms. The van der Waals surface area contributed by atoms with E-state index in [1.807, 2.05) is 0 Å². The molecule has 2 aromatic rings. The van der Waals surface area contributed by atoms with Gasteiger partial charge in [-0.1, -0.05) is 48.5 Å². The Morgan fingerprint density at radius 3 is 1.51 bits per heavy atom. The Labute approximate surface area is 376 Å². The van der Waals surface area contributed by atoms with Gasteiger partial charge in [-0.2, -0.15) is 9.97 Å². The molecular weight excluding hydrogens is 787 g/mol. The smallest absolute Gasteiger partial charge is 0.229 e. The Bertz CT molecular complexity index is 2050. The highest BCUT2D eigenvalue weighted by Gasteiger charge is 2.41. The molecule has 0 aromatic carbocycles. The van der Waals surface area contributed by atoms with Gasteiger partial charge in [-0.3, -0.25) is 14.5 Å². The highest BCUT2D eigenvalue weighted by molar-refractivity contribution is 5.78. The van der Waals surface area contributed by atoms with E-state index in [0.717, 1.165) is 114 Å². The summed E-state index contributed by atoms with van der Waals surface area (Å²) in [6.07, 6.45) is 32.6. The minimum atomic E-state index is -0.0848. The fourth-order valence-electron chi connectivity index (χ4n) is 11.2. The van der Waals surface area contributed by atoms with Crippen LogP contribution in [0, 0.1) is 11.8 Å². The molecule has 2 saturated carbocycles. The van der Waals surface area contributed by atoms with Crippen molar-refractivity contribution in [2.24, 2.45) is 11.8 Å². The van der Waals surface area contributed by atoms with Crippen LogP contribution in [0.1, 0.15) is 198 Å². The Hall–Kier alpha value is -3.86. The first-order valence-electron chi connectivity index (χ1n) is 25.3. The van der Waals surface area contributed by atoms with Crippen molar-refractivity contribution in [1.29, 1.82) is 0 Å². The van der Waals surface area contributed by atoms with Crippen molar-refractivity contribution in [3.8, 4) is 0 Å². The predicted molar refractivity (Wildman–Crippen MR) is 245 cm³/mol. The van der Waals surface area contributed by atoms with Crippen LogP contribution in [0.15, 0.2) is 55.6 Å². The Morgan fingerprint density at radius 2 is 1.10 bits per heavy atom. The zero-order chi connectivity index (χ0) is 43.6.